The lowest BCUT2D eigenvalue weighted by molar-refractivity contribution is 1.89. The second-order valence-corrected chi connectivity index (χ2v) is 15.1. The Morgan fingerprint density at radius 2 is 0.486 bits per heavy atom. The zero-order valence-electron chi connectivity index (χ0n) is 18.1. The van der Waals surface area contributed by atoms with Crippen LogP contribution in [0.2, 0.25) is 0 Å². The molecule has 0 unspecified atom stereocenters. The van der Waals surface area contributed by atoms with Crippen LogP contribution in [0.25, 0.3) is 58.5 Å². The monoisotopic (exact) mass is 576 g/mol. The molecule has 7 aromatic rings. The van der Waals surface area contributed by atoms with Crippen molar-refractivity contribution >= 4 is 79.4 Å². The molecule has 0 aliphatic carbocycles. The molecular weight excluding hydrogens is 561 g/mol. The van der Waals surface area contributed by atoms with Gasteiger partial charge >= 0.3 is 0 Å². The third-order valence-corrected chi connectivity index (χ3v) is 13.9. The summed E-state index contributed by atoms with van der Waals surface area (Å²) < 4.78 is 0. The van der Waals surface area contributed by atoms with Crippen molar-refractivity contribution in [3.05, 3.63) is 95.7 Å². The summed E-state index contributed by atoms with van der Waals surface area (Å²) in [6.07, 6.45) is 0. The summed E-state index contributed by atoms with van der Waals surface area (Å²) in [4.78, 5) is 16.2. The fraction of sp³-hybridized carbons (Fsp3) is 0. The zero-order valence-corrected chi connectivity index (χ0v) is 23.8. The first-order chi connectivity index (χ1) is 17.3. The van der Waals surface area contributed by atoms with Crippen molar-refractivity contribution in [2.24, 2.45) is 0 Å². The van der Waals surface area contributed by atoms with Crippen molar-refractivity contribution in [3.63, 3.8) is 0 Å². The van der Waals surface area contributed by atoms with Crippen LogP contribution in [0, 0.1) is 0 Å². The molecule has 0 radical (unpaired) electrons. The summed E-state index contributed by atoms with van der Waals surface area (Å²) >= 11 is 13.1. The minimum atomic E-state index is 1.34. The van der Waals surface area contributed by atoms with E-state index in [9.17, 15) is 0 Å². The Labute approximate surface area is 231 Å². The van der Waals surface area contributed by atoms with Gasteiger partial charge in [0.25, 0.3) is 0 Å². The van der Waals surface area contributed by atoms with Gasteiger partial charge in [-0.05, 0) is 83.6 Å². The number of hydrogen-bond donors (Lipinski definition) is 0. The van der Waals surface area contributed by atoms with Gasteiger partial charge in [-0.1, -0.05) is 12.1 Å². The topological polar surface area (TPSA) is 0 Å². The van der Waals surface area contributed by atoms with Gasteiger partial charge in [0.2, 0.25) is 0 Å². The molecule has 7 heteroatoms. The maximum atomic E-state index is 2.28. The molecule has 35 heavy (non-hydrogen) atoms. The molecule has 0 fully saturated rings. The fourth-order valence-electron chi connectivity index (χ4n) is 3.85. The third-order valence-electron chi connectivity index (χ3n) is 5.53. The van der Waals surface area contributed by atoms with Crippen LogP contribution in [-0.4, -0.2) is 0 Å². The molecular formula is C28H16S7. The molecule has 0 bridgehead atoms. The molecule has 0 aromatic carbocycles. The molecule has 7 rings (SSSR count). The number of rotatable bonds is 6. The standard InChI is InChI=1S/C28H16S7/c1-3-17(29-15-1)19-5-7-21(31-19)23-9-11-25(33-23)27-13-14-28(35-27)26-12-10-24(34-26)22-8-6-20(32-22)18-4-2-16-30-18/h1-16H. The minimum Gasteiger partial charge on any atom is -0.143 e. The molecule has 0 nitrogen and oxygen atoms in total. The van der Waals surface area contributed by atoms with Crippen LogP contribution in [0.3, 0.4) is 0 Å². The van der Waals surface area contributed by atoms with E-state index in [4.69, 9.17) is 0 Å². The van der Waals surface area contributed by atoms with Gasteiger partial charge in [0, 0.05) is 58.5 Å². The van der Waals surface area contributed by atoms with Gasteiger partial charge in [-0.3, -0.25) is 0 Å². The predicted octanol–water partition coefficient (Wildman–Crippen LogP) is 12.1. The fourth-order valence-corrected chi connectivity index (χ4v) is 10.9. The Morgan fingerprint density at radius 3 is 0.686 bits per heavy atom. The smallest absolute Gasteiger partial charge is 0.0449 e. The number of thiophene rings is 7. The molecule has 7 aromatic heterocycles. The lowest BCUT2D eigenvalue weighted by Gasteiger charge is -1.93. The van der Waals surface area contributed by atoms with E-state index in [2.05, 4.69) is 95.7 Å². The Hall–Kier alpha value is -2.10. The van der Waals surface area contributed by atoms with Crippen LogP contribution >= 0.6 is 79.4 Å². The number of hydrogen-bond acceptors (Lipinski definition) is 7. The highest BCUT2D eigenvalue weighted by atomic mass is 32.1. The summed E-state index contributed by atoms with van der Waals surface area (Å²) in [5.74, 6) is 0. The molecule has 0 spiro atoms. The first-order valence-electron chi connectivity index (χ1n) is 10.9. The van der Waals surface area contributed by atoms with E-state index in [1.165, 1.54) is 58.5 Å². The first-order valence-corrected chi connectivity index (χ1v) is 16.7. The second-order valence-electron chi connectivity index (χ2n) is 7.77. The summed E-state index contributed by atoms with van der Waals surface area (Å²) in [5, 5.41) is 4.29. The van der Waals surface area contributed by atoms with E-state index >= 15 is 0 Å². The Morgan fingerprint density at radius 1 is 0.257 bits per heavy atom. The molecule has 0 aliphatic heterocycles. The van der Waals surface area contributed by atoms with Crippen LogP contribution in [0.1, 0.15) is 0 Å². The average molecular weight is 577 g/mol. The van der Waals surface area contributed by atoms with Crippen LogP contribution in [0.4, 0.5) is 0 Å². The molecule has 7 heterocycles. The third kappa shape index (κ3) is 4.36. The summed E-state index contributed by atoms with van der Waals surface area (Å²) in [7, 11) is 0. The average Bonchev–Trinajstić information content (AvgIpc) is 3.71. The van der Waals surface area contributed by atoms with Gasteiger partial charge in [-0.2, -0.15) is 0 Å². The second kappa shape index (κ2) is 9.41. The van der Waals surface area contributed by atoms with E-state index in [0.29, 0.717) is 0 Å². The molecule has 0 saturated heterocycles. The largest absolute Gasteiger partial charge is 0.143 e. The van der Waals surface area contributed by atoms with Gasteiger partial charge < -0.3 is 0 Å². The van der Waals surface area contributed by atoms with Gasteiger partial charge in [0.05, 0.1) is 0 Å². The van der Waals surface area contributed by atoms with Crippen LogP contribution in [0.5, 0.6) is 0 Å². The highest BCUT2D eigenvalue weighted by Crippen LogP contribution is 2.46. The molecule has 0 aliphatic rings. The summed E-state index contributed by atoms with van der Waals surface area (Å²) in [6.45, 7) is 0. The van der Waals surface area contributed by atoms with Crippen LogP contribution < -0.4 is 0 Å². The summed E-state index contributed by atoms with van der Waals surface area (Å²) in [6, 6.07) is 31.3. The lowest BCUT2D eigenvalue weighted by Crippen LogP contribution is -1.58. The van der Waals surface area contributed by atoms with Crippen molar-refractivity contribution in [2.75, 3.05) is 0 Å². The van der Waals surface area contributed by atoms with Gasteiger partial charge in [-0.15, -0.1) is 79.4 Å². The van der Waals surface area contributed by atoms with E-state index in [1.807, 2.05) is 56.7 Å². The predicted molar refractivity (Wildman–Crippen MR) is 164 cm³/mol. The molecule has 0 saturated carbocycles. The van der Waals surface area contributed by atoms with E-state index in [-0.39, 0.29) is 0 Å². The maximum absolute atomic E-state index is 2.28. The molecule has 0 N–H and O–H groups in total. The van der Waals surface area contributed by atoms with Crippen molar-refractivity contribution in [3.8, 4) is 58.5 Å². The Kier molecular flexibility index (Phi) is 5.95. The van der Waals surface area contributed by atoms with E-state index in [0.717, 1.165) is 0 Å². The highest BCUT2D eigenvalue weighted by Gasteiger charge is 2.14. The first kappa shape index (κ1) is 22.1. The lowest BCUT2D eigenvalue weighted by atomic mass is 10.3. The SMILES string of the molecule is c1csc(-c2ccc(-c3ccc(-c4ccc(-c5ccc(-c6ccc(-c7cccs7)s6)s5)s4)s3)s2)c1. The van der Waals surface area contributed by atoms with Gasteiger partial charge in [0.1, 0.15) is 0 Å². The highest BCUT2D eigenvalue weighted by molar-refractivity contribution is 7.31. The molecule has 0 amide bonds. The normalized spacial score (nSPS) is 11.4. The minimum absolute atomic E-state index is 1.34. The Balaban J connectivity index is 1.11. The molecule has 0 atom stereocenters. The van der Waals surface area contributed by atoms with Crippen molar-refractivity contribution < 1.29 is 0 Å². The van der Waals surface area contributed by atoms with Gasteiger partial charge in [0.15, 0.2) is 0 Å². The Bertz CT molecular complexity index is 1570. The van der Waals surface area contributed by atoms with E-state index < -0.39 is 0 Å². The van der Waals surface area contributed by atoms with Crippen molar-refractivity contribution in [2.45, 2.75) is 0 Å². The van der Waals surface area contributed by atoms with Crippen molar-refractivity contribution in [1.82, 2.24) is 0 Å². The zero-order chi connectivity index (χ0) is 23.2. The van der Waals surface area contributed by atoms with Crippen molar-refractivity contribution in [1.29, 1.82) is 0 Å². The quantitative estimate of drug-likeness (QED) is 0.185. The molecule has 170 valence electrons. The maximum Gasteiger partial charge on any atom is 0.0449 e. The van der Waals surface area contributed by atoms with Crippen LogP contribution in [0.15, 0.2) is 95.7 Å². The van der Waals surface area contributed by atoms with Crippen LogP contribution in [-0.2, 0) is 0 Å². The van der Waals surface area contributed by atoms with Gasteiger partial charge in [-0.25, -0.2) is 0 Å². The van der Waals surface area contributed by atoms with E-state index in [1.54, 1.807) is 22.7 Å². The summed E-state index contributed by atoms with van der Waals surface area (Å²) in [5.41, 5.74) is 0.